The van der Waals surface area contributed by atoms with Crippen LogP contribution in [0.3, 0.4) is 0 Å². The number of nitrogens with one attached hydrogen (secondary N) is 1. The van der Waals surface area contributed by atoms with Crippen LogP contribution in [0.25, 0.3) is 0 Å². The van der Waals surface area contributed by atoms with Crippen molar-refractivity contribution < 1.29 is 27.5 Å². The third-order valence-electron chi connectivity index (χ3n) is 4.83. The zero-order valence-electron chi connectivity index (χ0n) is 16.9. The van der Waals surface area contributed by atoms with Gasteiger partial charge in [0.05, 0.1) is 22.0 Å². The summed E-state index contributed by atoms with van der Waals surface area (Å²) in [6.07, 6.45) is -1.28. The minimum Gasteiger partial charge on any atom is -0.449 e. The van der Waals surface area contributed by atoms with Crippen molar-refractivity contribution in [2.24, 2.45) is 5.14 Å². The van der Waals surface area contributed by atoms with E-state index in [1.165, 1.54) is 24.0 Å². The zero-order valence-corrected chi connectivity index (χ0v) is 18.5. The lowest BCUT2D eigenvalue weighted by atomic mass is 9.95. The number of amides is 2. The average Bonchev–Trinajstić information content (AvgIpc) is 2.67. The lowest BCUT2D eigenvalue weighted by molar-refractivity contribution is -0.131. The van der Waals surface area contributed by atoms with E-state index in [0.717, 1.165) is 6.07 Å². The van der Waals surface area contributed by atoms with Gasteiger partial charge in [0.15, 0.2) is 6.10 Å². The maximum atomic E-state index is 13.2. The number of rotatable bonds is 4. The number of primary sulfonamides is 1. The van der Waals surface area contributed by atoms with Gasteiger partial charge in [-0.2, -0.15) is 0 Å². The van der Waals surface area contributed by atoms with E-state index in [1.807, 2.05) is 0 Å². The summed E-state index contributed by atoms with van der Waals surface area (Å²) in [4.78, 5) is 39.1. The Morgan fingerprint density at radius 3 is 2.48 bits per heavy atom. The smallest absolute Gasteiger partial charge is 0.338 e. The van der Waals surface area contributed by atoms with Crippen LogP contribution in [0.2, 0.25) is 5.02 Å². The van der Waals surface area contributed by atoms with Crippen LogP contribution >= 0.6 is 11.6 Å². The molecule has 11 heteroatoms. The molecule has 3 N–H and O–H groups in total. The molecule has 0 aromatic heterocycles. The van der Waals surface area contributed by atoms with Gasteiger partial charge in [0, 0.05) is 0 Å². The summed E-state index contributed by atoms with van der Waals surface area (Å²) in [5, 5.41) is 7.69. The van der Waals surface area contributed by atoms with Gasteiger partial charge in [-0.25, -0.2) is 18.4 Å². The van der Waals surface area contributed by atoms with Crippen LogP contribution in [-0.2, 0) is 24.3 Å². The van der Waals surface area contributed by atoms with Crippen LogP contribution in [0.4, 0.5) is 11.4 Å². The van der Waals surface area contributed by atoms with E-state index >= 15 is 0 Å². The number of benzene rings is 2. The number of ether oxygens (including phenoxy) is 1. The maximum Gasteiger partial charge on any atom is 0.338 e. The van der Waals surface area contributed by atoms with E-state index in [9.17, 15) is 22.8 Å². The van der Waals surface area contributed by atoms with Crippen molar-refractivity contribution in [3.63, 3.8) is 0 Å². The molecule has 0 radical (unpaired) electrons. The Balaban J connectivity index is 1.89. The molecule has 1 aliphatic rings. The minimum atomic E-state index is -4.17. The first-order valence-electron chi connectivity index (χ1n) is 9.12. The molecule has 0 bridgehead atoms. The van der Waals surface area contributed by atoms with Crippen LogP contribution in [0.5, 0.6) is 0 Å². The van der Waals surface area contributed by atoms with Crippen LogP contribution < -0.4 is 15.4 Å². The molecule has 2 amide bonds. The first-order valence-corrected chi connectivity index (χ1v) is 11.0. The summed E-state index contributed by atoms with van der Waals surface area (Å²) in [5.41, 5.74) is -0.478. The van der Waals surface area contributed by atoms with Gasteiger partial charge in [-0.3, -0.25) is 14.5 Å². The fourth-order valence-corrected chi connectivity index (χ4v) is 4.23. The average molecular weight is 466 g/mol. The molecule has 3 rings (SSSR count). The van der Waals surface area contributed by atoms with Crippen molar-refractivity contribution in [1.82, 2.24) is 0 Å². The molecule has 2 aromatic carbocycles. The number of hydrogen-bond donors (Lipinski definition) is 2. The summed E-state index contributed by atoms with van der Waals surface area (Å²) >= 11 is 5.83. The number of halogens is 1. The summed E-state index contributed by atoms with van der Waals surface area (Å²) in [6.45, 7) is 4.51. The number of carbonyl (C=O) groups excluding carboxylic acids is 3. The van der Waals surface area contributed by atoms with Crippen molar-refractivity contribution >= 4 is 50.8 Å². The number of nitrogens with two attached hydrogens (primary N) is 1. The molecule has 0 aliphatic carbocycles. The summed E-state index contributed by atoms with van der Waals surface area (Å²) in [6, 6.07) is 10.2. The van der Waals surface area contributed by atoms with Gasteiger partial charge in [-0.1, -0.05) is 23.7 Å². The Morgan fingerprint density at radius 1 is 1.19 bits per heavy atom. The standard InChI is InChI=1S/C20H20ClN3O6S/c1-11(30-18(26)12-8-9-13(21)16(10-12)31(22,28)29)17(25)24-15-7-5-4-6-14(15)23-19(27)20(24,2)3/h4-11H,1-3H3,(H,23,27)(H2,22,28,29)/t11-/m1/s1. The van der Waals surface area contributed by atoms with E-state index in [1.54, 1.807) is 38.1 Å². The largest absolute Gasteiger partial charge is 0.449 e. The predicted octanol–water partition coefficient (Wildman–Crippen LogP) is 2.30. The lowest BCUT2D eigenvalue weighted by Crippen LogP contribution is -2.60. The molecule has 0 saturated heterocycles. The van der Waals surface area contributed by atoms with E-state index in [2.05, 4.69) is 5.32 Å². The highest BCUT2D eigenvalue weighted by Gasteiger charge is 2.45. The lowest BCUT2D eigenvalue weighted by Gasteiger charge is -2.42. The van der Waals surface area contributed by atoms with Gasteiger partial charge in [-0.15, -0.1) is 0 Å². The Hall–Kier alpha value is -2.95. The highest BCUT2D eigenvalue weighted by atomic mass is 35.5. The van der Waals surface area contributed by atoms with Gasteiger partial charge in [-0.05, 0) is 51.1 Å². The SMILES string of the molecule is C[C@@H](OC(=O)c1ccc(Cl)c(S(N)(=O)=O)c1)C(=O)N1c2ccccc2NC(=O)C1(C)C. The summed E-state index contributed by atoms with van der Waals surface area (Å²) in [5.74, 6) is -1.97. The highest BCUT2D eigenvalue weighted by molar-refractivity contribution is 7.89. The Morgan fingerprint density at radius 2 is 1.84 bits per heavy atom. The molecule has 0 spiro atoms. The second-order valence-electron chi connectivity index (χ2n) is 7.44. The van der Waals surface area contributed by atoms with Crippen molar-refractivity contribution in [3.8, 4) is 0 Å². The van der Waals surface area contributed by atoms with Crippen molar-refractivity contribution in [2.75, 3.05) is 10.2 Å². The van der Waals surface area contributed by atoms with Crippen LogP contribution in [0.1, 0.15) is 31.1 Å². The zero-order chi connectivity index (χ0) is 23.1. The highest BCUT2D eigenvalue weighted by Crippen LogP contribution is 2.37. The predicted molar refractivity (Wildman–Crippen MR) is 114 cm³/mol. The molecule has 0 saturated carbocycles. The third kappa shape index (κ3) is 4.27. The molecule has 1 atom stereocenters. The summed E-state index contributed by atoms with van der Waals surface area (Å²) in [7, 11) is -4.17. The Labute approximate surface area is 184 Å². The van der Waals surface area contributed by atoms with Crippen LogP contribution in [0.15, 0.2) is 47.4 Å². The first-order chi connectivity index (χ1) is 14.3. The number of esters is 1. The molecule has 0 unspecified atom stereocenters. The Bertz CT molecular complexity index is 1200. The molecular weight excluding hydrogens is 446 g/mol. The van der Waals surface area contributed by atoms with E-state index < -0.39 is 44.3 Å². The molecule has 0 fully saturated rings. The van der Waals surface area contributed by atoms with Crippen LogP contribution in [0, 0.1) is 0 Å². The monoisotopic (exact) mass is 465 g/mol. The number of nitrogens with zero attached hydrogens (tertiary/aromatic N) is 1. The van der Waals surface area contributed by atoms with E-state index in [0.29, 0.717) is 11.4 Å². The second kappa shape index (κ2) is 7.95. The third-order valence-corrected chi connectivity index (χ3v) is 6.23. The second-order valence-corrected chi connectivity index (χ2v) is 9.38. The maximum absolute atomic E-state index is 13.2. The topological polar surface area (TPSA) is 136 Å². The molecule has 9 nitrogen and oxygen atoms in total. The fourth-order valence-electron chi connectivity index (χ4n) is 3.16. The molecule has 164 valence electrons. The molecule has 1 heterocycles. The number of hydrogen-bond acceptors (Lipinski definition) is 6. The van der Waals surface area contributed by atoms with Gasteiger partial charge in [0.25, 0.3) is 5.91 Å². The van der Waals surface area contributed by atoms with Gasteiger partial charge < -0.3 is 10.1 Å². The quantitative estimate of drug-likeness (QED) is 0.665. The fraction of sp³-hybridized carbons (Fsp3) is 0.250. The Kier molecular flexibility index (Phi) is 5.83. The number of sulfonamides is 1. The number of para-hydroxylation sites is 2. The number of carbonyl (C=O) groups is 3. The molecular formula is C20H20ClN3O6S. The van der Waals surface area contributed by atoms with E-state index in [4.69, 9.17) is 21.5 Å². The van der Waals surface area contributed by atoms with E-state index in [-0.39, 0.29) is 10.6 Å². The van der Waals surface area contributed by atoms with Crippen molar-refractivity contribution in [1.29, 1.82) is 0 Å². The van der Waals surface area contributed by atoms with Crippen LogP contribution in [-0.4, -0.2) is 37.8 Å². The van der Waals surface area contributed by atoms with Gasteiger partial charge >= 0.3 is 5.97 Å². The molecule has 1 aliphatic heterocycles. The molecule has 31 heavy (non-hydrogen) atoms. The van der Waals surface area contributed by atoms with Gasteiger partial charge in [0.1, 0.15) is 10.4 Å². The number of fused-ring (bicyclic) bond motifs is 1. The van der Waals surface area contributed by atoms with Crippen molar-refractivity contribution in [3.05, 3.63) is 53.1 Å². The number of anilines is 2. The normalized spacial score (nSPS) is 16.2. The first kappa shape index (κ1) is 22.7. The molecule has 2 aromatic rings. The van der Waals surface area contributed by atoms with Gasteiger partial charge in [0.2, 0.25) is 15.9 Å². The minimum absolute atomic E-state index is 0.149. The summed E-state index contributed by atoms with van der Waals surface area (Å²) < 4.78 is 28.5. The van der Waals surface area contributed by atoms with Crippen molar-refractivity contribution in [2.45, 2.75) is 37.3 Å².